The number of halogens is 1. The van der Waals surface area contributed by atoms with Crippen LogP contribution in [0.3, 0.4) is 0 Å². The van der Waals surface area contributed by atoms with Gasteiger partial charge in [0.05, 0.1) is 11.3 Å². The van der Waals surface area contributed by atoms with E-state index in [0.29, 0.717) is 12.1 Å². The molecule has 0 saturated heterocycles. The molecule has 3 nitrogen and oxygen atoms in total. The van der Waals surface area contributed by atoms with Crippen molar-refractivity contribution in [2.45, 2.75) is 6.54 Å². The van der Waals surface area contributed by atoms with Crippen molar-refractivity contribution >= 4 is 32.4 Å². The second kappa shape index (κ2) is 5.94. The van der Waals surface area contributed by atoms with Crippen molar-refractivity contribution in [2.24, 2.45) is 0 Å². The molecular weight excluding hydrogens is 326 g/mol. The second-order valence-corrected chi connectivity index (χ2v) is 5.58. The fourth-order valence-electron chi connectivity index (χ4n) is 2.30. The normalized spacial score (nSPS) is 10.3. The van der Waals surface area contributed by atoms with E-state index in [9.17, 15) is 5.26 Å². The molecule has 0 radical (unpaired) electrons. The lowest BCUT2D eigenvalue weighted by atomic mass is 10.1. The van der Waals surface area contributed by atoms with Crippen LogP contribution in [-0.2, 0) is 6.54 Å². The molecule has 1 heterocycles. The molecule has 102 valence electrons. The van der Waals surface area contributed by atoms with Gasteiger partial charge in [0, 0.05) is 28.8 Å². The summed E-state index contributed by atoms with van der Waals surface area (Å²) < 4.78 is 0.904. The highest BCUT2D eigenvalue weighted by molar-refractivity contribution is 9.10. The number of benzene rings is 2. The summed E-state index contributed by atoms with van der Waals surface area (Å²) in [5.41, 5.74) is 2.65. The lowest BCUT2D eigenvalue weighted by Crippen LogP contribution is -2.02. The van der Waals surface area contributed by atoms with Crippen LogP contribution in [0.5, 0.6) is 0 Å². The number of hydrogen-bond donors (Lipinski definition) is 1. The van der Waals surface area contributed by atoms with Crippen LogP contribution in [0.15, 0.2) is 59.3 Å². The molecule has 4 heteroatoms. The highest BCUT2D eigenvalue weighted by Crippen LogP contribution is 2.23. The zero-order valence-corrected chi connectivity index (χ0v) is 12.8. The van der Waals surface area contributed by atoms with Gasteiger partial charge in [0.1, 0.15) is 6.07 Å². The van der Waals surface area contributed by atoms with Crippen molar-refractivity contribution < 1.29 is 0 Å². The molecule has 21 heavy (non-hydrogen) atoms. The number of fused-ring (bicyclic) bond motifs is 1. The van der Waals surface area contributed by atoms with Crippen LogP contribution in [0.25, 0.3) is 10.8 Å². The third kappa shape index (κ3) is 2.88. The van der Waals surface area contributed by atoms with Crippen molar-refractivity contribution in [3.63, 3.8) is 0 Å². The monoisotopic (exact) mass is 337 g/mol. The number of aromatic nitrogens is 1. The lowest BCUT2D eigenvalue weighted by Gasteiger charge is -2.10. The van der Waals surface area contributed by atoms with Crippen molar-refractivity contribution in [2.75, 3.05) is 5.32 Å². The Kier molecular flexibility index (Phi) is 3.85. The highest BCUT2D eigenvalue weighted by Gasteiger charge is 2.04. The number of nitrogens with one attached hydrogen (secondary N) is 1. The van der Waals surface area contributed by atoms with Crippen LogP contribution in [0, 0.1) is 11.3 Å². The smallest absolute Gasteiger partial charge is 0.101 e. The predicted octanol–water partition coefficient (Wildman–Crippen LogP) is 4.48. The molecule has 3 aromatic rings. The zero-order chi connectivity index (χ0) is 14.7. The molecule has 0 spiro atoms. The maximum absolute atomic E-state index is 9.19. The minimum absolute atomic E-state index is 0.631. The van der Waals surface area contributed by atoms with E-state index >= 15 is 0 Å². The van der Waals surface area contributed by atoms with Gasteiger partial charge in [0.25, 0.3) is 0 Å². The summed E-state index contributed by atoms with van der Waals surface area (Å²) in [6.45, 7) is 0.664. The largest absolute Gasteiger partial charge is 0.380 e. The fourth-order valence-corrected chi connectivity index (χ4v) is 2.66. The molecule has 0 amide bonds. The van der Waals surface area contributed by atoms with Crippen LogP contribution in [0.2, 0.25) is 0 Å². The van der Waals surface area contributed by atoms with Gasteiger partial charge in [-0.3, -0.25) is 4.98 Å². The zero-order valence-electron chi connectivity index (χ0n) is 11.2. The standard InChI is InChI=1S/C17H12BrN3/c18-15-4-5-17(14(8-15)9-19)21-11-13-3-1-2-12-10-20-7-6-16(12)13/h1-8,10,21H,11H2. The molecule has 1 aromatic heterocycles. The number of nitrogens with zero attached hydrogens (tertiary/aromatic N) is 2. The Hall–Kier alpha value is -2.38. The average molecular weight is 338 g/mol. The SMILES string of the molecule is N#Cc1cc(Br)ccc1NCc1cccc2cnccc12. The van der Waals surface area contributed by atoms with Gasteiger partial charge in [0.15, 0.2) is 0 Å². The third-order valence-electron chi connectivity index (χ3n) is 3.34. The van der Waals surface area contributed by atoms with Crippen molar-refractivity contribution in [3.8, 4) is 6.07 Å². The Labute approximate surface area is 131 Å². The van der Waals surface area contributed by atoms with Crippen LogP contribution < -0.4 is 5.32 Å². The molecule has 0 unspecified atom stereocenters. The van der Waals surface area contributed by atoms with Gasteiger partial charge in [-0.1, -0.05) is 34.1 Å². The molecule has 0 bridgehead atoms. The molecule has 0 saturated carbocycles. The van der Waals surface area contributed by atoms with Crippen molar-refractivity contribution in [1.29, 1.82) is 5.26 Å². The molecule has 1 N–H and O–H groups in total. The molecule has 0 fully saturated rings. The van der Waals surface area contributed by atoms with E-state index in [4.69, 9.17) is 0 Å². The Morgan fingerprint density at radius 2 is 2.10 bits per heavy atom. The fraction of sp³-hybridized carbons (Fsp3) is 0.0588. The minimum Gasteiger partial charge on any atom is -0.380 e. The Morgan fingerprint density at radius 1 is 1.19 bits per heavy atom. The Bertz CT molecular complexity index is 832. The molecule has 0 atom stereocenters. The molecule has 0 aliphatic rings. The average Bonchev–Trinajstić information content (AvgIpc) is 2.53. The van der Waals surface area contributed by atoms with E-state index in [1.54, 1.807) is 6.20 Å². The van der Waals surface area contributed by atoms with Gasteiger partial charge < -0.3 is 5.32 Å². The number of rotatable bonds is 3. The summed E-state index contributed by atoms with van der Waals surface area (Å²) in [5.74, 6) is 0. The summed E-state index contributed by atoms with van der Waals surface area (Å²) in [6, 6.07) is 16.0. The number of anilines is 1. The molecule has 0 aliphatic carbocycles. The van der Waals surface area contributed by atoms with Crippen LogP contribution in [0.1, 0.15) is 11.1 Å². The number of hydrogen-bond acceptors (Lipinski definition) is 3. The van der Waals surface area contributed by atoms with Gasteiger partial charge in [-0.15, -0.1) is 0 Å². The van der Waals surface area contributed by atoms with E-state index in [2.05, 4.69) is 38.4 Å². The van der Waals surface area contributed by atoms with E-state index in [-0.39, 0.29) is 0 Å². The maximum atomic E-state index is 9.19. The Morgan fingerprint density at radius 3 is 2.95 bits per heavy atom. The summed E-state index contributed by atoms with van der Waals surface area (Å²) in [6.07, 6.45) is 3.66. The summed E-state index contributed by atoms with van der Waals surface area (Å²) in [5, 5.41) is 14.8. The van der Waals surface area contributed by atoms with E-state index in [0.717, 1.165) is 15.5 Å². The third-order valence-corrected chi connectivity index (χ3v) is 3.84. The first-order chi connectivity index (χ1) is 10.3. The molecule has 2 aromatic carbocycles. The second-order valence-electron chi connectivity index (χ2n) is 4.67. The van der Waals surface area contributed by atoms with E-state index < -0.39 is 0 Å². The van der Waals surface area contributed by atoms with Crippen LogP contribution in [-0.4, -0.2) is 4.98 Å². The minimum atomic E-state index is 0.631. The first-order valence-electron chi connectivity index (χ1n) is 6.53. The quantitative estimate of drug-likeness (QED) is 0.766. The molecular formula is C17H12BrN3. The Balaban J connectivity index is 1.89. The maximum Gasteiger partial charge on any atom is 0.101 e. The van der Waals surface area contributed by atoms with Crippen molar-refractivity contribution in [1.82, 2.24) is 4.98 Å². The lowest BCUT2D eigenvalue weighted by molar-refractivity contribution is 1.16. The van der Waals surface area contributed by atoms with Gasteiger partial charge in [-0.25, -0.2) is 0 Å². The highest BCUT2D eigenvalue weighted by atomic mass is 79.9. The summed E-state index contributed by atoms with van der Waals surface area (Å²) in [4.78, 5) is 4.14. The van der Waals surface area contributed by atoms with E-state index in [1.165, 1.54) is 10.9 Å². The predicted molar refractivity (Wildman–Crippen MR) is 87.9 cm³/mol. The van der Waals surface area contributed by atoms with Crippen LogP contribution in [0.4, 0.5) is 5.69 Å². The first-order valence-corrected chi connectivity index (χ1v) is 7.32. The molecule has 3 rings (SSSR count). The summed E-state index contributed by atoms with van der Waals surface area (Å²) >= 11 is 3.38. The first kappa shape index (κ1) is 13.6. The van der Waals surface area contributed by atoms with Gasteiger partial charge in [-0.05, 0) is 35.2 Å². The van der Waals surface area contributed by atoms with Gasteiger partial charge >= 0.3 is 0 Å². The van der Waals surface area contributed by atoms with Gasteiger partial charge in [-0.2, -0.15) is 5.26 Å². The van der Waals surface area contributed by atoms with Gasteiger partial charge in [0.2, 0.25) is 0 Å². The van der Waals surface area contributed by atoms with Crippen molar-refractivity contribution in [3.05, 3.63) is 70.5 Å². The molecule has 0 aliphatic heterocycles. The van der Waals surface area contributed by atoms with Crippen LogP contribution >= 0.6 is 15.9 Å². The number of pyridine rings is 1. The summed E-state index contributed by atoms with van der Waals surface area (Å²) in [7, 11) is 0. The topological polar surface area (TPSA) is 48.7 Å². The van der Waals surface area contributed by atoms with E-state index in [1.807, 2.05) is 42.6 Å². The number of nitriles is 1.